The maximum absolute atomic E-state index is 13.4. The standard InChI is InChI=1S/C26H29FN4O4S/c1-16(2)30-12-20(13-30)31-22-9-19(23(32)10-26(4)14-36(33,34)15-26)11-28-25(22)24(29-31)18-6-5-7-21(8-18)35-17(3)27/h5-9,11,17,20H,1,10,12-15H2,2-4H3. The molecule has 2 aliphatic rings. The highest BCUT2D eigenvalue weighted by molar-refractivity contribution is 7.92. The number of ether oxygens (including phenoxy) is 1. The smallest absolute Gasteiger partial charge is 0.235 e. The average Bonchev–Trinajstić information content (AvgIpc) is 3.09. The molecule has 4 heterocycles. The van der Waals surface area contributed by atoms with Crippen LogP contribution in [0.1, 0.15) is 43.6 Å². The van der Waals surface area contributed by atoms with E-state index in [1.165, 1.54) is 13.1 Å². The fraction of sp³-hybridized carbons (Fsp3) is 0.423. The van der Waals surface area contributed by atoms with Crippen molar-refractivity contribution in [3.8, 4) is 17.0 Å². The highest BCUT2D eigenvalue weighted by atomic mass is 32.2. The Bertz CT molecular complexity index is 1460. The zero-order chi connectivity index (χ0) is 25.8. The van der Waals surface area contributed by atoms with E-state index in [1.807, 2.05) is 24.6 Å². The molecule has 1 aromatic carbocycles. The number of allylic oxidation sites excluding steroid dienone is 1. The molecular weight excluding hydrogens is 483 g/mol. The Morgan fingerprint density at radius 2 is 2.03 bits per heavy atom. The molecular formula is C26H29FN4O4S. The summed E-state index contributed by atoms with van der Waals surface area (Å²) in [5.74, 6) is 0.301. The fourth-order valence-electron chi connectivity index (χ4n) is 5.08. The van der Waals surface area contributed by atoms with Crippen LogP contribution in [-0.4, -0.2) is 64.8 Å². The molecule has 5 rings (SSSR count). The van der Waals surface area contributed by atoms with Crippen LogP contribution >= 0.6 is 0 Å². The van der Waals surface area contributed by atoms with E-state index in [2.05, 4.69) is 16.5 Å². The average molecular weight is 513 g/mol. The van der Waals surface area contributed by atoms with E-state index >= 15 is 0 Å². The first-order valence-corrected chi connectivity index (χ1v) is 13.7. The van der Waals surface area contributed by atoms with Gasteiger partial charge in [0, 0.05) is 54.9 Å². The van der Waals surface area contributed by atoms with Gasteiger partial charge < -0.3 is 9.64 Å². The molecule has 1 atom stereocenters. The van der Waals surface area contributed by atoms with Gasteiger partial charge in [0.2, 0.25) is 6.36 Å². The van der Waals surface area contributed by atoms with Crippen molar-refractivity contribution in [1.29, 1.82) is 0 Å². The van der Waals surface area contributed by atoms with E-state index < -0.39 is 21.6 Å². The number of ketones is 1. The summed E-state index contributed by atoms with van der Waals surface area (Å²) in [6, 6.07) is 8.91. The van der Waals surface area contributed by atoms with E-state index in [0.717, 1.165) is 29.9 Å². The predicted octanol–water partition coefficient (Wildman–Crippen LogP) is 4.19. The van der Waals surface area contributed by atoms with Crippen LogP contribution in [0.15, 0.2) is 48.8 Å². The van der Waals surface area contributed by atoms with Gasteiger partial charge in [0.1, 0.15) is 17.0 Å². The highest BCUT2D eigenvalue weighted by Crippen LogP contribution is 2.38. The number of carbonyl (C=O) groups excluding carboxylic acids is 1. The van der Waals surface area contributed by atoms with Crippen molar-refractivity contribution in [2.45, 2.75) is 39.6 Å². The summed E-state index contributed by atoms with van der Waals surface area (Å²) in [6.45, 7) is 10.6. The molecule has 0 bridgehead atoms. The zero-order valence-electron chi connectivity index (χ0n) is 20.6. The van der Waals surface area contributed by atoms with Crippen molar-refractivity contribution < 1.29 is 22.3 Å². The Labute approximate surface area is 209 Å². The number of aromatic nitrogens is 3. The van der Waals surface area contributed by atoms with Crippen LogP contribution in [0.25, 0.3) is 22.3 Å². The Kier molecular flexibility index (Phi) is 5.89. The lowest BCUT2D eigenvalue weighted by molar-refractivity contribution is 0.0860. The van der Waals surface area contributed by atoms with Crippen LogP contribution in [0.5, 0.6) is 5.75 Å². The number of carbonyl (C=O) groups is 1. The van der Waals surface area contributed by atoms with Gasteiger partial charge in [0.15, 0.2) is 15.6 Å². The van der Waals surface area contributed by atoms with Crippen LogP contribution < -0.4 is 4.74 Å². The van der Waals surface area contributed by atoms with E-state index in [9.17, 15) is 17.6 Å². The van der Waals surface area contributed by atoms with Gasteiger partial charge in [-0.2, -0.15) is 5.10 Å². The minimum atomic E-state index is -3.04. The first-order chi connectivity index (χ1) is 16.9. The zero-order valence-corrected chi connectivity index (χ0v) is 21.4. The third-order valence-corrected chi connectivity index (χ3v) is 9.02. The number of hydrogen-bond acceptors (Lipinski definition) is 7. The molecule has 10 heteroatoms. The van der Waals surface area contributed by atoms with Crippen LogP contribution in [0.3, 0.4) is 0 Å². The molecule has 0 amide bonds. The molecule has 190 valence electrons. The minimum absolute atomic E-state index is 0.0260. The number of sulfone groups is 1. The second kappa shape index (κ2) is 8.69. The number of hydrogen-bond donors (Lipinski definition) is 0. The molecule has 0 aliphatic carbocycles. The van der Waals surface area contributed by atoms with E-state index in [4.69, 9.17) is 9.84 Å². The maximum Gasteiger partial charge on any atom is 0.235 e. The molecule has 8 nitrogen and oxygen atoms in total. The number of benzene rings is 1. The normalized spacial score (nSPS) is 19.4. The number of alkyl halides is 1. The fourth-order valence-corrected chi connectivity index (χ4v) is 7.32. The Balaban J connectivity index is 1.52. The first kappa shape index (κ1) is 24.4. The number of nitrogens with zero attached hydrogens (tertiary/aromatic N) is 4. The summed E-state index contributed by atoms with van der Waals surface area (Å²) in [7, 11) is -3.04. The third-order valence-electron chi connectivity index (χ3n) is 6.75. The minimum Gasteiger partial charge on any atom is -0.461 e. The summed E-state index contributed by atoms with van der Waals surface area (Å²) in [4.78, 5) is 19.9. The molecule has 2 fully saturated rings. The van der Waals surface area contributed by atoms with Gasteiger partial charge in [-0.15, -0.1) is 0 Å². The molecule has 0 radical (unpaired) electrons. The molecule has 0 N–H and O–H groups in total. The van der Waals surface area contributed by atoms with Crippen molar-refractivity contribution in [3.05, 3.63) is 54.4 Å². The monoisotopic (exact) mass is 512 g/mol. The number of likely N-dealkylation sites (tertiary alicyclic amines) is 1. The number of fused-ring (bicyclic) bond motifs is 1. The summed E-state index contributed by atoms with van der Waals surface area (Å²) < 4.78 is 43.9. The van der Waals surface area contributed by atoms with Crippen molar-refractivity contribution in [3.63, 3.8) is 0 Å². The summed E-state index contributed by atoms with van der Waals surface area (Å²) in [5.41, 5.74) is 3.56. The van der Waals surface area contributed by atoms with Crippen LogP contribution in [0.2, 0.25) is 0 Å². The molecule has 2 aromatic heterocycles. The second-order valence-corrected chi connectivity index (χ2v) is 12.4. The van der Waals surface area contributed by atoms with E-state index in [1.54, 1.807) is 24.3 Å². The molecule has 0 spiro atoms. The largest absolute Gasteiger partial charge is 0.461 e. The number of halogens is 1. The Hall–Kier alpha value is -3.27. The topological polar surface area (TPSA) is 94.4 Å². The van der Waals surface area contributed by atoms with Crippen molar-refractivity contribution in [1.82, 2.24) is 19.7 Å². The SMILES string of the molecule is C=C(C)N1CC(n2nc(-c3cccc(OC(C)F)c3)c3ncc(C(=O)CC4(C)CS(=O)(=O)C4)cc32)C1. The van der Waals surface area contributed by atoms with E-state index in [-0.39, 0.29) is 29.8 Å². The van der Waals surface area contributed by atoms with Crippen LogP contribution in [0, 0.1) is 5.41 Å². The molecule has 3 aromatic rings. The lowest BCUT2D eigenvalue weighted by Gasteiger charge is -2.41. The molecule has 36 heavy (non-hydrogen) atoms. The highest BCUT2D eigenvalue weighted by Gasteiger charge is 2.45. The number of pyridine rings is 1. The summed E-state index contributed by atoms with van der Waals surface area (Å²) in [5, 5.41) is 4.87. The number of rotatable bonds is 8. The van der Waals surface area contributed by atoms with Crippen LogP contribution in [-0.2, 0) is 9.84 Å². The molecule has 1 unspecified atom stereocenters. The maximum atomic E-state index is 13.4. The Morgan fingerprint density at radius 1 is 1.31 bits per heavy atom. The van der Waals surface area contributed by atoms with Gasteiger partial charge in [0.25, 0.3) is 0 Å². The van der Waals surface area contributed by atoms with E-state index in [0.29, 0.717) is 22.5 Å². The third kappa shape index (κ3) is 4.61. The van der Waals surface area contributed by atoms with Crippen LogP contribution in [0.4, 0.5) is 4.39 Å². The second-order valence-electron chi connectivity index (χ2n) is 10.3. The van der Waals surface area contributed by atoms with Gasteiger partial charge in [-0.1, -0.05) is 25.6 Å². The first-order valence-electron chi connectivity index (χ1n) is 11.9. The molecule has 2 aliphatic heterocycles. The predicted molar refractivity (Wildman–Crippen MR) is 135 cm³/mol. The lowest BCUT2D eigenvalue weighted by Crippen LogP contribution is -2.47. The van der Waals surface area contributed by atoms with Gasteiger partial charge in [-0.05, 0) is 25.1 Å². The van der Waals surface area contributed by atoms with Crippen molar-refractivity contribution in [2.24, 2.45) is 5.41 Å². The summed E-state index contributed by atoms with van der Waals surface area (Å²) in [6.07, 6.45) is 0.229. The molecule has 0 saturated carbocycles. The quantitative estimate of drug-likeness (QED) is 0.418. The van der Waals surface area contributed by atoms with Gasteiger partial charge in [-0.25, -0.2) is 12.8 Å². The Morgan fingerprint density at radius 3 is 2.67 bits per heavy atom. The van der Waals surface area contributed by atoms with Gasteiger partial charge in [-0.3, -0.25) is 14.5 Å². The number of Topliss-reactive ketones (excluding diaryl/α,β-unsaturated/α-hetero) is 1. The molecule has 2 saturated heterocycles. The summed E-state index contributed by atoms with van der Waals surface area (Å²) >= 11 is 0. The van der Waals surface area contributed by atoms with Crippen molar-refractivity contribution in [2.75, 3.05) is 24.6 Å². The van der Waals surface area contributed by atoms with Gasteiger partial charge >= 0.3 is 0 Å². The van der Waals surface area contributed by atoms with Crippen molar-refractivity contribution >= 4 is 26.7 Å². The van der Waals surface area contributed by atoms with Gasteiger partial charge in [0.05, 0.1) is 23.1 Å². The lowest BCUT2D eigenvalue weighted by atomic mass is 9.86.